The van der Waals surface area contributed by atoms with E-state index in [1.165, 1.54) is 6.20 Å². The SMILES string of the molecule is CNCC(COc1cnnnn1)Cc1ccccn1.Cl.Cl. The van der Waals surface area contributed by atoms with Gasteiger partial charge in [-0.25, -0.2) is 0 Å². The summed E-state index contributed by atoms with van der Waals surface area (Å²) in [5.41, 5.74) is 1.05. The van der Waals surface area contributed by atoms with Crippen LogP contribution in [0.3, 0.4) is 0 Å². The quantitative estimate of drug-likeness (QED) is 0.808. The molecule has 0 aliphatic rings. The van der Waals surface area contributed by atoms with Gasteiger partial charge in [-0.15, -0.1) is 29.9 Å². The minimum Gasteiger partial charge on any atom is -0.475 e. The Morgan fingerprint density at radius 3 is 2.71 bits per heavy atom. The van der Waals surface area contributed by atoms with Crippen LogP contribution in [0.1, 0.15) is 5.69 Å². The average molecular weight is 333 g/mol. The van der Waals surface area contributed by atoms with Crippen molar-refractivity contribution in [1.29, 1.82) is 0 Å². The molecule has 9 heteroatoms. The Bertz CT molecular complexity index is 476. The van der Waals surface area contributed by atoms with E-state index in [9.17, 15) is 0 Å². The highest BCUT2D eigenvalue weighted by Gasteiger charge is 2.11. The van der Waals surface area contributed by atoms with Crippen LogP contribution in [0.4, 0.5) is 0 Å². The number of nitrogens with zero attached hydrogens (tertiary/aromatic N) is 5. The van der Waals surface area contributed by atoms with Crippen LogP contribution in [0.2, 0.25) is 0 Å². The van der Waals surface area contributed by atoms with Crippen molar-refractivity contribution in [1.82, 2.24) is 30.9 Å². The first-order chi connectivity index (χ1) is 9.38. The van der Waals surface area contributed by atoms with Crippen molar-refractivity contribution >= 4 is 24.8 Å². The van der Waals surface area contributed by atoms with Gasteiger partial charge in [0.05, 0.1) is 6.61 Å². The van der Waals surface area contributed by atoms with Gasteiger partial charge in [0.2, 0.25) is 0 Å². The molecule has 2 aromatic rings. The van der Waals surface area contributed by atoms with Gasteiger partial charge in [0.1, 0.15) is 6.20 Å². The number of hydrogen-bond acceptors (Lipinski definition) is 7. The van der Waals surface area contributed by atoms with Crippen LogP contribution in [0.15, 0.2) is 30.6 Å². The second-order valence-electron chi connectivity index (χ2n) is 4.12. The highest BCUT2D eigenvalue weighted by molar-refractivity contribution is 5.85. The van der Waals surface area contributed by atoms with E-state index >= 15 is 0 Å². The molecule has 116 valence electrons. The molecule has 1 atom stereocenters. The van der Waals surface area contributed by atoms with Crippen LogP contribution in [0.25, 0.3) is 0 Å². The molecule has 7 nitrogen and oxygen atoms in total. The molecule has 0 radical (unpaired) electrons. The molecule has 1 N–H and O–H groups in total. The minimum absolute atomic E-state index is 0. The van der Waals surface area contributed by atoms with Gasteiger partial charge >= 0.3 is 0 Å². The average Bonchev–Trinajstić information content (AvgIpc) is 2.47. The molecule has 2 rings (SSSR count). The summed E-state index contributed by atoms with van der Waals surface area (Å²) in [6.07, 6.45) is 4.09. The summed E-state index contributed by atoms with van der Waals surface area (Å²) in [6, 6.07) is 5.90. The standard InChI is InChI=1S/C12H16N6O.2ClH/c1-13-7-10(6-11-4-2-3-5-14-11)9-19-12-8-15-17-18-16-12;;/h2-5,8,10,13H,6-7,9H2,1H3;2*1H. The Balaban J connectivity index is 0.00000200. The summed E-state index contributed by atoms with van der Waals surface area (Å²) in [5.74, 6) is 0.687. The van der Waals surface area contributed by atoms with Gasteiger partial charge in [0.25, 0.3) is 5.88 Å². The van der Waals surface area contributed by atoms with Gasteiger partial charge < -0.3 is 10.1 Å². The monoisotopic (exact) mass is 332 g/mol. The molecule has 21 heavy (non-hydrogen) atoms. The van der Waals surface area contributed by atoms with Crippen molar-refractivity contribution in [3.63, 3.8) is 0 Å². The number of nitrogens with one attached hydrogen (secondary N) is 1. The second-order valence-corrected chi connectivity index (χ2v) is 4.12. The van der Waals surface area contributed by atoms with Crippen molar-refractivity contribution in [3.05, 3.63) is 36.3 Å². The fraction of sp³-hybridized carbons (Fsp3) is 0.417. The zero-order valence-corrected chi connectivity index (χ0v) is 13.2. The van der Waals surface area contributed by atoms with Crippen LogP contribution in [-0.2, 0) is 6.42 Å². The van der Waals surface area contributed by atoms with Crippen LogP contribution in [-0.4, -0.2) is 45.8 Å². The van der Waals surface area contributed by atoms with E-state index in [0.717, 1.165) is 18.7 Å². The molecule has 0 aromatic carbocycles. The molecule has 0 spiro atoms. The maximum Gasteiger partial charge on any atom is 0.255 e. The molecule has 1 unspecified atom stereocenters. The number of aromatic nitrogens is 5. The third kappa shape index (κ3) is 7.12. The molecule has 0 bridgehead atoms. The Kier molecular flexibility index (Phi) is 10.3. The van der Waals surface area contributed by atoms with Crippen molar-refractivity contribution in [2.75, 3.05) is 20.2 Å². The molecular weight excluding hydrogens is 315 g/mol. The molecule has 0 fully saturated rings. The number of halogens is 2. The fourth-order valence-corrected chi connectivity index (χ4v) is 1.75. The highest BCUT2D eigenvalue weighted by atomic mass is 35.5. The summed E-state index contributed by atoms with van der Waals surface area (Å²) in [4.78, 5) is 4.32. The molecule has 2 aromatic heterocycles. The lowest BCUT2D eigenvalue weighted by molar-refractivity contribution is 0.231. The summed E-state index contributed by atoms with van der Waals surface area (Å²) in [5, 5.41) is 17.3. The van der Waals surface area contributed by atoms with Crippen molar-refractivity contribution in [2.45, 2.75) is 6.42 Å². The first kappa shape index (κ1) is 19.4. The van der Waals surface area contributed by atoms with Crippen molar-refractivity contribution in [2.24, 2.45) is 5.92 Å². The highest BCUT2D eigenvalue weighted by Crippen LogP contribution is 2.08. The number of hydrogen-bond donors (Lipinski definition) is 1. The summed E-state index contributed by atoms with van der Waals surface area (Å²) in [6.45, 7) is 1.36. The summed E-state index contributed by atoms with van der Waals surface area (Å²) in [7, 11) is 1.92. The maximum atomic E-state index is 5.55. The van der Waals surface area contributed by atoms with E-state index in [2.05, 4.69) is 30.9 Å². The van der Waals surface area contributed by atoms with E-state index in [0.29, 0.717) is 18.4 Å². The maximum absolute atomic E-state index is 5.55. The first-order valence-corrected chi connectivity index (χ1v) is 6.07. The smallest absolute Gasteiger partial charge is 0.255 e. The van der Waals surface area contributed by atoms with E-state index in [-0.39, 0.29) is 24.8 Å². The molecule has 0 amide bonds. The Labute approximate surface area is 135 Å². The van der Waals surface area contributed by atoms with E-state index in [1.807, 2.05) is 25.2 Å². The van der Waals surface area contributed by atoms with Crippen LogP contribution >= 0.6 is 24.8 Å². The molecule has 0 aliphatic carbocycles. The summed E-state index contributed by atoms with van der Waals surface area (Å²) < 4.78 is 5.55. The van der Waals surface area contributed by atoms with Gasteiger partial charge in [-0.3, -0.25) is 4.98 Å². The molecule has 0 saturated carbocycles. The second kappa shape index (κ2) is 11.1. The summed E-state index contributed by atoms with van der Waals surface area (Å²) >= 11 is 0. The number of ether oxygens (including phenoxy) is 1. The Morgan fingerprint density at radius 2 is 2.10 bits per heavy atom. The van der Waals surface area contributed by atoms with Crippen molar-refractivity contribution < 1.29 is 4.74 Å². The zero-order chi connectivity index (χ0) is 13.3. The van der Waals surface area contributed by atoms with E-state index in [4.69, 9.17) is 4.74 Å². The number of rotatable bonds is 7. The van der Waals surface area contributed by atoms with Crippen LogP contribution in [0.5, 0.6) is 5.88 Å². The van der Waals surface area contributed by atoms with Crippen LogP contribution in [0, 0.1) is 5.92 Å². The molecule has 0 saturated heterocycles. The molecular formula is C12H18Cl2N6O. The van der Waals surface area contributed by atoms with Gasteiger partial charge in [-0.2, -0.15) is 0 Å². The number of pyridine rings is 1. The topological polar surface area (TPSA) is 85.7 Å². The predicted octanol–water partition coefficient (Wildman–Crippen LogP) is 0.962. The lowest BCUT2D eigenvalue weighted by Gasteiger charge is -2.16. The third-order valence-electron chi connectivity index (χ3n) is 2.59. The zero-order valence-electron chi connectivity index (χ0n) is 11.5. The minimum atomic E-state index is 0. The largest absolute Gasteiger partial charge is 0.475 e. The van der Waals surface area contributed by atoms with Crippen molar-refractivity contribution in [3.8, 4) is 5.88 Å². The van der Waals surface area contributed by atoms with Crippen LogP contribution < -0.4 is 10.1 Å². The van der Waals surface area contributed by atoms with Gasteiger partial charge in [0, 0.05) is 24.4 Å². The fourth-order valence-electron chi connectivity index (χ4n) is 1.75. The Hall–Kier alpha value is -1.57. The van der Waals surface area contributed by atoms with Gasteiger partial charge in [-0.1, -0.05) is 11.2 Å². The first-order valence-electron chi connectivity index (χ1n) is 6.07. The molecule has 0 aliphatic heterocycles. The Morgan fingerprint density at radius 1 is 1.24 bits per heavy atom. The lowest BCUT2D eigenvalue weighted by Crippen LogP contribution is -2.26. The van der Waals surface area contributed by atoms with E-state index in [1.54, 1.807) is 6.20 Å². The van der Waals surface area contributed by atoms with Gasteiger partial charge in [-0.05, 0) is 36.0 Å². The van der Waals surface area contributed by atoms with E-state index < -0.39 is 0 Å². The lowest BCUT2D eigenvalue weighted by atomic mass is 10.0. The van der Waals surface area contributed by atoms with Gasteiger partial charge in [0.15, 0.2) is 0 Å². The third-order valence-corrected chi connectivity index (χ3v) is 2.59. The normalized spacial score (nSPS) is 10.9. The molecule has 2 heterocycles. The predicted molar refractivity (Wildman–Crippen MR) is 83.0 cm³/mol.